The molecule has 4 heterocycles. The van der Waals surface area contributed by atoms with Crippen LogP contribution in [-0.2, 0) is 13.1 Å². The zero-order valence-electron chi connectivity index (χ0n) is 19.6. The Bertz CT molecular complexity index is 1210. The standard InChI is InChI=1S/C28H32N4O2/c33-21-7-9-27-23(19-21)25-11-17-31(27)15-5-2-6-16-32-18-12-26(30-14-4-1-3-13-29-25)24-20-22(34)8-10-28(24)32/h7-12,17-20,33-34H,1-6,13-16H2/p+2. The first kappa shape index (κ1) is 22.3. The lowest BCUT2D eigenvalue weighted by Crippen LogP contribution is -2.35. The van der Waals surface area contributed by atoms with Gasteiger partial charge in [0.15, 0.2) is 12.4 Å². The number of fused-ring (bicyclic) bond motifs is 12. The van der Waals surface area contributed by atoms with Gasteiger partial charge in [0.1, 0.15) is 24.6 Å². The number of rotatable bonds is 0. The molecule has 34 heavy (non-hydrogen) atoms. The number of benzene rings is 2. The normalized spacial score (nSPS) is 15.8. The molecule has 0 radical (unpaired) electrons. The highest BCUT2D eigenvalue weighted by Crippen LogP contribution is 2.26. The molecule has 2 aromatic carbocycles. The van der Waals surface area contributed by atoms with Crippen LogP contribution in [0.3, 0.4) is 0 Å². The van der Waals surface area contributed by atoms with E-state index in [9.17, 15) is 10.2 Å². The summed E-state index contributed by atoms with van der Waals surface area (Å²) in [7, 11) is 0. The van der Waals surface area contributed by atoms with Gasteiger partial charge in [-0.2, -0.15) is 9.13 Å². The summed E-state index contributed by atoms with van der Waals surface area (Å²) in [5.41, 5.74) is 4.46. The average Bonchev–Trinajstić information content (AvgIpc) is 2.84. The van der Waals surface area contributed by atoms with Crippen LogP contribution in [0.25, 0.3) is 21.8 Å². The lowest BCUT2D eigenvalue weighted by Gasteiger charge is -2.12. The third kappa shape index (κ3) is 4.86. The molecule has 0 saturated heterocycles. The second kappa shape index (κ2) is 10.2. The van der Waals surface area contributed by atoms with Crippen molar-refractivity contribution >= 4 is 33.2 Å². The van der Waals surface area contributed by atoms with Crippen molar-refractivity contribution in [2.24, 2.45) is 0 Å². The maximum atomic E-state index is 10.1. The summed E-state index contributed by atoms with van der Waals surface area (Å²) in [6.07, 6.45) is 10.9. The highest BCUT2D eigenvalue weighted by molar-refractivity contribution is 5.90. The first-order valence-corrected chi connectivity index (χ1v) is 12.5. The smallest absolute Gasteiger partial charge is 0.214 e. The van der Waals surface area contributed by atoms with Crippen molar-refractivity contribution in [2.75, 3.05) is 23.7 Å². The van der Waals surface area contributed by atoms with Gasteiger partial charge in [-0.3, -0.25) is 0 Å². The molecule has 2 aliphatic heterocycles. The van der Waals surface area contributed by atoms with Gasteiger partial charge in [0.05, 0.1) is 22.1 Å². The van der Waals surface area contributed by atoms with Crippen molar-refractivity contribution in [3.05, 3.63) is 60.9 Å². The van der Waals surface area contributed by atoms with E-state index in [0.29, 0.717) is 11.5 Å². The van der Waals surface area contributed by atoms with Crippen LogP contribution in [0.1, 0.15) is 38.5 Å². The number of aromatic nitrogens is 2. The average molecular weight is 459 g/mol. The van der Waals surface area contributed by atoms with Gasteiger partial charge >= 0.3 is 0 Å². The SMILES string of the molecule is Oc1ccc2c(c1)c1cc[n+]2CCCCC[n+]2ccc(c3cc(O)ccc32)NCCCCCN1. The minimum atomic E-state index is 0.303. The Morgan fingerprint density at radius 2 is 1.03 bits per heavy atom. The first-order valence-electron chi connectivity index (χ1n) is 12.5. The minimum absolute atomic E-state index is 0.303. The van der Waals surface area contributed by atoms with Crippen LogP contribution in [-0.4, -0.2) is 23.3 Å². The predicted octanol–water partition coefficient (Wildman–Crippen LogP) is 4.86. The molecule has 2 aromatic heterocycles. The van der Waals surface area contributed by atoms with Crippen molar-refractivity contribution in [1.29, 1.82) is 0 Å². The van der Waals surface area contributed by atoms with Crippen LogP contribution in [0.4, 0.5) is 11.4 Å². The molecule has 6 rings (SSSR count). The van der Waals surface area contributed by atoms with Gasteiger partial charge in [-0.15, -0.1) is 0 Å². The van der Waals surface area contributed by atoms with Crippen molar-refractivity contribution in [3.63, 3.8) is 0 Å². The predicted molar refractivity (Wildman–Crippen MR) is 136 cm³/mol. The molecule has 6 heteroatoms. The second-order valence-electron chi connectivity index (χ2n) is 9.22. The third-order valence-electron chi connectivity index (χ3n) is 6.78. The number of aromatic hydroxyl groups is 2. The highest BCUT2D eigenvalue weighted by atomic mass is 16.3. The van der Waals surface area contributed by atoms with E-state index >= 15 is 0 Å². The Balaban J connectivity index is 1.40. The Hall–Kier alpha value is -3.54. The quantitative estimate of drug-likeness (QED) is 0.284. The van der Waals surface area contributed by atoms with Gasteiger partial charge in [0.2, 0.25) is 11.0 Å². The molecule has 6 nitrogen and oxygen atoms in total. The van der Waals surface area contributed by atoms with Gasteiger partial charge in [-0.1, -0.05) is 0 Å². The number of anilines is 2. The molecule has 4 aromatic rings. The first-order chi connectivity index (χ1) is 16.7. The largest absolute Gasteiger partial charge is 0.508 e. The maximum Gasteiger partial charge on any atom is 0.214 e. The molecule has 176 valence electrons. The van der Waals surface area contributed by atoms with Crippen LogP contribution in [0.5, 0.6) is 11.5 Å². The highest BCUT2D eigenvalue weighted by Gasteiger charge is 2.16. The number of nitrogens with one attached hydrogen (secondary N) is 2. The molecule has 0 fully saturated rings. The van der Waals surface area contributed by atoms with E-state index in [4.69, 9.17) is 0 Å². The summed E-state index contributed by atoms with van der Waals surface area (Å²) < 4.78 is 4.59. The van der Waals surface area contributed by atoms with Crippen molar-refractivity contribution in [3.8, 4) is 11.5 Å². The second-order valence-corrected chi connectivity index (χ2v) is 9.22. The van der Waals surface area contributed by atoms with E-state index in [1.165, 1.54) is 0 Å². The molecule has 0 spiro atoms. The van der Waals surface area contributed by atoms with E-state index in [1.54, 1.807) is 12.1 Å². The van der Waals surface area contributed by atoms with Crippen LogP contribution in [0.2, 0.25) is 0 Å². The Kier molecular flexibility index (Phi) is 6.65. The van der Waals surface area contributed by atoms with Gasteiger partial charge in [0.25, 0.3) is 0 Å². The zero-order valence-corrected chi connectivity index (χ0v) is 19.6. The fraction of sp³-hybridized carbons (Fsp3) is 0.357. The minimum Gasteiger partial charge on any atom is -0.508 e. The van der Waals surface area contributed by atoms with Crippen LogP contribution in [0, 0.1) is 0 Å². The molecular weight excluding hydrogens is 424 g/mol. The fourth-order valence-electron chi connectivity index (χ4n) is 4.96. The van der Waals surface area contributed by atoms with Crippen LogP contribution >= 0.6 is 0 Å². The fourth-order valence-corrected chi connectivity index (χ4v) is 4.96. The maximum absolute atomic E-state index is 10.1. The summed E-state index contributed by atoms with van der Waals surface area (Å²) in [6.45, 7) is 3.70. The molecule has 2 aliphatic rings. The molecule has 0 saturated carbocycles. The molecule has 0 unspecified atom stereocenters. The topological polar surface area (TPSA) is 72.3 Å². The summed E-state index contributed by atoms with van der Waals surface area (Å²) in [4.78, 5) is 0. The number of hydrogen-bond donors (Lipinski definition) is 4. The van der Waals surface area contributed by atoms with Gasteiger partial charge in [-0.25, -0.2) is 0 Å². The summed E-state index contributed by atoms with van der Waals surface area (Å²) >= 11 is 0. The number of phenols is 2. The lowest BCUT2D eigenvalue weighted by atomic mass is 10.1. The summed E-state index contributed by atoms with van der Waals surface area (Å²) in [6, 6.07) is 15.6. The number of aryl methyl sites for hydroxylation is 2. The van der Waals surface area contributed by atoms with E-state index in [1.807, 2.05) is 24.3 Å². The van der Waals surface area contributed by atoms with Gasteiger partial charge in [0, 0.05) is 50.2 Å². The molecular formula is C28H34N4O2+2. The molecule has 0 amide bonds. The Morgan fingerprint density at radius 3 is 1.53 bits per heavy atom. The van der Waals surface area contributed by atoms with Crippen LogP contribution in [0.15, 0.2) is 60.9 Å². The van der Waals surface area contributed by atoms with E-state index in [2.05, 4.69) is 44.3 Å². The van der Waals surface area contributed by atoms with Gasteiger partial charge in [-0.05, 0) is 49.9 Å². The molecule has 4 N–H and O–H groups in total. The molecule has 0 aliphatic carbocycles. The monoisotopic (exact) mass is 458 g/mol. The van der Waals surface area contributed by atoms with Gasteiger partial charge < -0.3 is 20.8 Å². The summed E-state index contributed by atoms with van der Waals surface area (Å²) in [5, 5.41) is 29.5. The molecule has 0 atom stereocenters. The number of hydrogen-bond acceptors (Lipinski definition) is 4. The summed E-state index contributed by atoms with van der Waals surface area (Å²) in [5.74, 6) is 0.606. The third-order valence-corrected chi connectivity index (χ3v) is 6.78. The van der Waals surface area contributed by atoms with E-state index in [0.717, 1.165) is 97.9 Å². The van der Waals surface area contributed by atoms with Crippen molar-refractivity contribution < 1.29 is 19.3 Å². The Labute approximate surface area is 200 Å². The Morgan fingerprint density at radius 1 is 0.559 bits per heavy atom. The van der Waals surface area contributed by atoms with E-state index < -0.39 is 0 Å². The lowest BCUT2D eigenvalue weighted by molar-refractivity contribution is -0.675. The zero-order chi connectivity index (χ0) is 23.3. The number of pyridine rings is 2. The van der Waals surface area contributed by atoms with Crippen LogP contribution < -0.4 is 19.8 Å². The van der Waals surface area contributed by atoms with Crippen molar-refractivity contribution in [1.82, 2.24) is 0 Å². The molecule has 4 bridgehead atoms. The van der Waals surface area contributed by atoms with E-state index in [-0.39, 0.29) is 0 Å². The number of phenolic OH excluding ortho intramolecular Hbond substituents is 2. The van der Waals surface area contributed by atoms with Crippen molar-refractivity contribution in [2.45, 2.75) is 51.6 Å². The number of nitrogens with zero attached hydrogens (tertiary/aromatic N) is 2.